The Hall–Kier alpha value is -4.08. The normalized spacial score (nSPS) is 11.5. The standard InChI is InChI=1S/C29H19ClO3/c30-23-15-9-14-22(18-23)28-25(24-16-7-8-17-26(24)32-28)19-27(20-10-3-1-4-11-20)33-29(31)21-12-5-2-6-13-21/h1-19H/b27-19-. The van der Waals surface area contributed by atoms with Gasteiger partial charge in [0.1, 0.15) is 17.1 Å². The monoisotopic (exact) mass is 450 g/mol. The fourth-order valence-corrected chi connectivity index (χ4v) is 3.88. The number of fused-ring (bicyclic) bond motifs is 1. The average Bonchev–Trinajstić information content (AvgIpc) is 3.23. The van der Waals surface area contributed by atoms with Crippen LogP contribution in [0, 0.1) is 0 Å². The molecule has 0 saturated heterocycles. The zero-order chi connectivity index (χ0) is 22.6. The van der Waals surface area contributed by atoms with E-state index in [0.717, 1.165) is 27.7 Å². The molecule has 1 heterocycles. The quantitative estimate of drug-likeness (QED) is 0.200. The predicted octanol–water partition coefficient (Wildman–Crippen LogP) is 8.11. The van der Waals surface area contributed by atoms with Gasteiger partial charge in [0.05, 0.1) is 5.56 Å². The highest BCUT2D eigenvalue weighted by Gasteiger charge is 2.18. The summed E-state index contributed by atoms with van der Waals surface area (Å²) < 4.78 is 12.1. The van der Waals surface area contributed by atoms with Crippen molar-refractivity contribution >= 4 is 40.4 Å². The van der Waals surface area contributed by atoms with E-state index in [1.165, 1.54) is 0 Å². The predicted molar refractivity (Wildman–Crippen MR) is 133 cm³/mol. The molecular formula is C29H19ClO3. The number of carbonyl (C=O) groups is 1. The van der Waals surface area contributed by atoms with E-state index in [2.05, 4.69) is 0 Å². The van der Waals surface area contributed by atoms with Gasteiger partial charge in [-0.25, -0.2) is 4.79 Å². The highest BCUT2D eigenvalue weighted by atomic mass is 35.5. The van der Waals surface area contributed by atoms with Crippen LogP contribution in [0.25, 0.3) is 34.1 Å². The molecule has 1 aromatic heterocycles. The fourth-order valence-electron chi connectivity index (χ4n) is 3.69. The minimum Gasteiger partial charge on any atom is -0.455 e. The Bertz CT molecular complexity index is 1450. The number of carbonyl (C=O) groups excluding carboxylic acids is 1. The fraction of sp³-hybridized carbons (Fsp3) is 0. The molecule has 0 atom stereocenters. The Balaban J connectivity index is 1.68. The number of esters is 1. The zero-order valence-corrected chi connectivity index (χ0v) is 18.3. The van der Waals surface area contributed by atoms with Gasteiger partial charge in [-0.1, -0.05) is 90.5 Å². The summed E-state index contributed by atoms with van der Waals surface area (Å²) in [5.41, 5.74) is 3.65. The molecule has 4 heteroatoms. The second-order valence-electron chi connectivity index (χ2n) is 7.48. The molecule has 0 aliphatic carbocycles. The van der Waals surface area contributed by atoms with Crippen LogP contribution in [-0.2, 0) is 4.74 Å². The van der Waals surface area contributed by atoms with Crippen LogP contribution in [0.4, 0.5) is 0 Å². The van der Waals surface area contributed by atoms with Crippen molar-refractivity contribution in [3.8, 4) is 11.3 Å². The molecule has 0 unspecified atom stereocenters. The minimum absolute atomic E-state index is 0.428. The molecule has 0 aliphatic rings. The third-order valence-electron chi connectivity index (χ3n) is 5.27. The van der Waals surface area contributed by atoms with Crippen LogP contribution in [0.5, 0.6) is 0 Å². The van der Waals surface area contributed by atoms with E-state index >= 15 is 0 Å². The van der Waals surface area contributed by atoms with Crippen LogP contribution in [0.1, 0.15) is 21.5 Å². The lowest BCUT2D eigenvalue weighted by Crippen LogP contribution is -2.04. The first-order chi connectivity index (χ1) is 16.2. The van der Waals surface area contributed by atoms with E-state index in [1.54, 1.807) is 12.1 Å². The summed E-state index contributed by atoms with van der Waals surface area (Å²) in [7, 11) is 0. The van der Waals surface area contributed by atoms with Gasteiger partial charge in [0.25, 0.3) is 0 Å². The highest BCUT2D eigenvalue weighted by Crippen LogP contribution is 2.37. The number of ether oxygens (including phenoxy) is 1. The van der Waals surface area contributed by atoms with Crippen LogP contribution in [0.3, 0.4) is 0 Å². The van der Waals surface area contributed by atoms with E-state index < -0.39 is 5.97 Å². The summed E-state index contributed by atoms with van der Waals surface area (Å²) >= 11 is 6.26. The molecule has 160 valence electrons. The lowest BCUT2D eigenvalue weighted by Gasteiger charge is -2.10. The third kappa shape index (κ3) is 4.45. The number of furan rings is 1. The number of hydrogen-bond donors (Lipinski definition) is 0. The van der Waals surface area contributed by atoms with Gasteiger partial charge in [-0.05, 0) is 36.4 Å². The average molecular weight is 451 g/mol. The first kappa shape index (κ1) is 20.8. The van der Waals surface area contributed by atoms with Crippen LogP contribution >= 0.6 is 11.6 Å². The molecule has 33 heavy (non-hydrogen) atoms. The van der Waals surface area contributed by atoms with Gasteiger partial charge in [-0.3, -0.25) is 0 Å². The van der Waals surface area contributed by atoms with Crippen molar-refractivity contribution in [1.82, 2.24) is 0 Å². The second kappa shape index (κ2) is 9.19. The SMILES string of the molecule is O=C(O/C(=C\c1c(-c2cccc(Cl)c2)oc2ccccc12)c1ccccc1)c1ccccc1. The van der Waals surface area contributed by atoms with Gasteiger partial charge in [-0.15, -0.1) is 0 Å². The molecule has 0 fully saturated rings. The van der Waals surface area contributed by atoms with Crippen LogP contribution in [0.15, 0.2) is 114 Å². The molecule has 3 nitrogen and oxygen atoms in total. The molecule has 4 aromatic carbocycles. The summed E-state index contributed by atoms with van der Waals surface area (Å²) in [6, 6.07) is 33.8. The summed E-state index contributed by atoms with van der Waals surface area (Å²) in [6.07, 6.45) is 1.86. The maximum Gasteiger partial charge on any atom is 0.343 e. The molecule has 0 spiro atoms. The summed E-state index contributed by atoms with van der Waals surface area (Å²) in [5, 5.41) is 1.53. The summed E-state index contributed by atoms with van der Waals surface area (Å²) in [5.74, 6) is 0.657. The van der Waals surface area contributed by atoms with Crippen molar-refractivity contribution in [3.05, 3.63) is 131 Å². The van der Waals surface area contributed by atoms with Gasteiger partial charge >= 0.3 is 5.97 Å². The van der Waals surface area contributed by atoms with Crippen molar-refractivity contribution in [2.24, 2.45) is 0 Å². The van der Waals surface area contributed by atoms with Gasteiger partial charge in [0.15, 0.2) is 0 Å². The van der Waals surface area contributed by atoms with Crippen LogP contribution in [-0.4, -0.2) is 5.97 Å². The molecule has 0 bridgehead atoms. The van der Waals surface area contributed by atoms with Crippen LogP contribution in [0.2, 0.25) is 5.02 Å². The van der Waals surface area contributed by atoms with E-state index in [9.17, 15) is 4.79 Å². The first-order valence-corrected chi connectivity index (χ1v) is 10.9. The first-order valence-electron chi connectivity index (χ1n) is 10.5. The molecule has 5 aromatic rings. The number of para-hydroxylation sites is 1. The van der Waals surface area contributed by atoms with E-state index in [0.29, 0.717) is 22.1 Å². The maximum absolute atomic E-state index is 12.9. The molecule has 0 N–H and O–H groups in total. The maximum atomic E-state index is 12.9. The smallest absolute Gasteiger partial charge is 0.343 e. The molecule has 0 aliphatic heterocycles. The van der Waals surface area contributed by atoms with E-state index in [-0.39, 0.29) is 0 Å². The minimum atomic E-state index is -0.428. The van der Waals surface area contributed by atoms with Crippen molar-refractivity contribution in [3.63, 3.8) is 0 Å². The Morgan fingerprint density at radius 2 is 1.42 bits per heavy atom. The van der Waals surface area contributed by atoms with E-state index in [1.807, 2.05) is 103 Å². The Kier molecular flexibility index (Phi) is 5.79. The van der Waals surface area contributed by atoms with Crippen molar-refractivity contribution in [2.45, 2.75) is 0 Å². The molecular weight excluding hydrogens is 432 g/mol. The number of halogens is 1. The summed E-state index contributed by atoms with van der Waals surface area (Å²) in [4.78, 5) is 12.9. The Morgan fingerprint density at radius 3 is 2.15 bits per heavy atom. The van der Waals surface area contributed by atoms with Gasteiger partial charge in [0.2, 0.25) is 0 Å². The van der Waals surface area contributed by atoms with Crippen molar-refractivity contribution < 1.29 is 13.9 Å². The van der Waals surface area contributed by atoms with Crippen LogP contribution < -0.4 is 0 Å². The summed E-state index contributed by atoms with van der Waals surface area (Å²) in [6.45, 7) is 0. The molecule has 0 radical (unpaired) electrons. The lowest BCUT2D eigenvalue weighted by atomic mass is 10.0. The van der Waals surface area contributed by atoms with Crippen molar-refractivity contribution in [1.29, 1.82) is 0 Å². The Labute approximate surface area is 196 Å². The number of hydrogen-bond acceptors (Lipinski definition) is 3. The largest absolute Gasteiger partial charge is 0.455 e. The zero-order valence-electron chi connectivity index (χ0n) is 17.6. The van der Waals surface area contributed by atoms with Gasteiger partial charge in [0, 0.05) is 27.1 Å². The lowest BCUT2D eigenvalue weighted by molar-refractivity contribution is 0.0693. The highest BCUT2D eigenvalue weighted by molar-refractivity contribution is 6.30. The van der Waals surface area contributed by atoms with Crippen molar-refractivity contribution in [2.75, 3.05) is 0 Å². The second-order valence-corrected chi connectivity index (χ2v) is 7.92. The molecule has 0 saturated carbocycles. The van der Waals surface area contributed by atoms with Gasteiger partial charge in [-0.2, -0.15) is 0 Å². The third-order valence-corrected chi connectivity index (χ3v) is 5.50. The molecule has 5 rings (SSSR count). The number of benzene rings is 4. The van der Waals surface area contributed by atoms with Gasteiger partial charge < -0.3 is 9.15 Å². The molecule has 0 amide bonds. The Morgan fingerprint density at radius 1 is 0.758 bits per heavy atom. The number of rotatable bonds is 5. The van der Waals surface area contributed by atoms with E-state index in [4.69, 9.17) is 20.8 Å². The topological polar surface area (TPSA) is 39.4 Å².